The third kappa shape index (κ3) is 19.2. The Balaban J connectivity index is 1.94. The zero-order valence-electron chi connectivity index (χ0n) is 24.7. The number of aliphatic hydroxyl groups excluding tert-OH is 3. The molecule has 8 nitrogen and oxygen atoms in total. The van der Waals surface area contributed by atoms with Crippen molar-refractivity contribution in [3.8, 4) is 0 Å². The second-order valence-corrected chi connectivity index (χ2v) is 11.0. The molecular weight excluding hydrogens is 494 g/mol. The van der Waals surface area contributed by atoms with Gasteiger partial charge >= 0.3 is 5.97 Å². The third-order valence-electron chi connectivity index (χ3n) is 7.22. The fourth-order valence-electron chi connectivity index (χ4n) is 4.50. The topological polar surface area (TPSA) is 124 Å². The van der Waals surface area contributed by atoms with E-state index >= 15 is 0 Å². The van der Waals surface area contributed by atoms with E-state index in [0.29, 0.717) is 26.0 Å². The summed E-state index contributed by atoms with van der Waals surface area (Å²) in [5, 5.41) is 40.4. The molecule has 0 aromatic heterocycles. The number of nitrogens with zero attached hydrogens (tertiary/aromatic N) is 2. The summed E-state index contributed by atoms with van der Waals surface area (Å²) in [6.07, 6.45) is 22.7. The molecule has 1 rings (SSSR count). The maximum Gasteiger partial charge on any atom is 0.305 e. The molecule has 3 unspecified atom stereocenters. The maximum absolute atomic E-state index is 12.0. The first-order chi connectivity index (χ1) is 19.0. The van der Waals surface area contributed by atoms with E-state index in [4.69, 9.17) is 9.84 Å². The van der Waals surface area contributed by atoms with Gasteiger partial charge in [0.2, 0.25) is 0 Å². The fourth-order valence-corrected chi connectivity index (χ4v) is 4.50. The van der Waals surface area contributed by atoms with Crippen LogP contribution in [0.5, 0.6) is 0 Å². The van der Waals surface area contributed by atoms with Gasteiger partial charge in [-0.3, -0.25) is 4.79 Å². The van der Waals surface area contributed by atoms with E-state index in [0.717, 1.165) is 25.0 Å². The van der Waals surface area contributed by atoms with Gasteiger partial charge < -0.3 is 25.4 Å². The summed E-state index contributed by atoms with van der Waals surface area (Å²) >= 11 is 0. The molecule has 39 heavy (non-hydrogen) atoms. The summed E-state index contributed by atoms with van der Waals surface area (Å²) in [7, 11) is 0. The smallest absolute Gasteiger partial charge is 0.305 e. The van der Waals surface area contributed by atoms with Gasteiger partial charge in [-0.1, -0.05) is 77.4 Å². The highest BCUT2D eigenvalue weighted by Crippen LogP contribution is 2.18. The predicted molar refractivity (Wildman–Crippen MR) is 158 cm³/mol. The second-order valence-electron chi connectivity index (χ2n) is 11.0. The van der Waals surface area contributed by atoms with Crippen molar-refractivity contribution in [1.29, 1.82) is 0 Å². The Morgan fingerprint density at radius 2 is 1.67 bits per heavy atom. The van der Waals surface area contributed by atoms with Crippen LogP contribution in [0.25, 0.3) is 0 Å². The molecule has 0 aliphatic carbocycles. The third-order valence-corrected chi connectivity index (χ3v) is 7.22. The van der Waals surface area contributed by atoms with Gasteiger partial charge in [0.1, 0.15) is 0 Å². The van der Waals surface area contributed by atoms with Gasteiger partial charge in [-0.15, -0.1) is 0 Å². The van der Waals surface area contributed by atoms with Crippen molar-refractivity contribution in [2.24, 2.45) is 16.1 Å². The molecule has 0 fully saturated rings. The molecule has 0 radical (unpaired) electrons. The van der Waals surface area contributed by atoms with Gasteiger partial charge in [-0.2, -0.15) is 10.2 Å². The molecular formula is C31H57N3O5. The van der Waals surface area contributed by atoms with Crippen molar-refractivity contribution in [1.82, 2.24) is 5.32 Å². The summed E-state index contributed by atoms with van der Waals surface area (Å²) < 4.78 is 5.36. The van der Waals surface area contributed by atoms with Gasteiger partial charge in [0, 0.05) is 31.9 Å². The minimum Gasteiger partial charge on any atom is -0.465 e. The van der Waals surface area contributed by atoms with E-state index in [-0.39, 0.29) is 31.1 Å². The number of hydrogen-bond donors (Lipinski definition) is 4. The first-order valence-electron chi connectivity index (χ1n) is 15.6. The molecule has 0 saturated heterocycles. The molecule has 0 aromatic rings. The zero-order valence-corrected chi connectivity index (χ0v) is 24.7. The van der Waals surface area contributed by atoms with Crippen molar-refractivity contribution in [2.75, 3.05) is 26.3 Å². The molecule has 1 aliphatic heterocycles. The maximum atomic E-state index is 12.0. The standard InChI is InChI=1S/C31H57N3O5/c1-3-4-5-6-7-8-9-10-11-12-13-14-15-16-17-18-30(37)39-22-20-28-23-27(33-34-28)19-21-32-24-29(36)31(38)26(2)25-35/h10-11,23,26-27,29,31-32,35-36,38H,3-9,12-22,24-25H2,1-2H3/b11-10-/t26-,27?,29?,31?/m1/s1. The monoisotopic (exact) mass is 551 g/mol. The van der Waals surface area contributed by atoms with Crippen LogP contribution in [-0.4, -0.2) is 65.8 Å². The minimum absolute atomic E-state index is 0.0301. The van der Waals surface area contributed by atoms with Crippen LogP contribution in [0, 0.1) is 5.92 Å². The van der Waals surface area contributed by atoms with Crippen LogP contribution in [0.1, 0.15) is 117 Å². The number of allylic oxidation sites excluding steroid dienone is 2. The number of nitrogens with one attached hydrogen (secondary N) is 1. The Morgan fingerprint density at radius 1 is 1.03 bits per heavy atom. The molecule has 1 aliphatic rings. The number of ether oxygens (including phenoxy) is 1. The van der Waals surface area contributed by atoms with Crippen molar-refractivity contribution in [2.45, 2.75) is 135 Å². The molecule has 0 aromatic carbocycles. The predicted octanol–water partition coefficient (Wildman–Crippen LogP) is 6.01. The van der Waals surface area contributed by atoms with Crippen LogP contribution in [0.2, 0.25) is 0 Å². The van der Waals surface area contributed by atoms with Crippen LogP contribution in [0.3, 0.4) is 0 Å². The largest absolute Gasteiger partial charge is 0.465 e. The van der Waals surface area contributed by atoms with E-state index in [1.165, 1.54) is 70.6 Å². The van der Waals surface area contributed by atoms with Crippen LogP contribution in [0.4, 0.5) is 0 Å². The van der Waals surface area contributed by atoms with Crippen molar-refractivity contribution < 1.29 is 24.9 Å². The van der Waals surface area contributed by atoms with E-state index in [1.54, 1.807) is 6.92 Å². The first-order valence-corrected chi connectivity index (χ1v) is 15.6. The summed E-state index contributed by atoms with van der Waals surface area (Å²) in [5.74, 6) is -0.507. The summed E-state index contributed by atoms with van der Waals surface area (Å²) in [6.45, 7) is 4.98. The molecule has 0 saturated carbocycles. The Kier molecular flexibility index (Phi) is 22.0. The number of carbonyl (C=O) groups is 1. The number of carbonyl (C=O) groups excluding carboxylic acids is 1. The quantitative estimate of drug-likeness (QED) is 0.0593. The van der Waals surface area contributed by atoms with Crippen LogP contribution in [0.15, 0.2) is 34.2 Å². The second kappa shape index (κ2) is 24.2. The summed E-state index contributed by atoms with van der Waals surface area (Å²) in [4.78, 5) is 12.0. The highest BCUT2D eigenvalue weighted by Gasteiger charge is 2.22. The van der Waals surface area contributed by atoms with E-state index in [9.17, 15) is 15.0 Å². The van der Waals surface area contributed by atoms with E-state index in [1.807, 2.05) is 6.08 Å². The minimum atomic E-state index is -0.959. The molecule has 8 heteroatoms. The Labute approximate surface area is 237 Å². The molecule has 226 valence electrons. The van der Waals surface area contributed by atoms with Gasteiger partial charge in [-0.25, -0.2) is 0 Å². The molecule has 4 atom stereocenters. The molecule has 0 bridgehead atoms. The first kappa shape index (κ1) is 35.4. The lowest BCUT2D eigenvalue weighted by atomic mass is 10.0. The van der Waals surface area contributed by atoms with Crippen molar-refractivity contribution in [3.63, 3.8) is 0 Å². The van der Waals surface area contributed by atoms with Crippen LogP contribution < -0.4 is 5.32 Å². The Bertz CT molecular complexity index is 698. The number of unbranched alkanes of at least 4 members (excludes halogenated alkanes) is 11. The average Bonchev–Trinajstić information content (AvgIpc) is 3.39. The number of aliphatic hydroxyl groups is 3. The normalized spacial score (nSPS) is 17.5. The van der Waals surface area contributed by atoms with Crippen molar-refractivity contribution in [3.05, 3.63) is 23.9 Å². The van der Waals surface area contributed by atoms with Gasteiger partial charge in [0.15, 0.2) is 0 Å². The Morgan fingerprint density at radius 3 is 2.33 bits per heavy atom. The van der Waals surface area contributed by atoms with E-state index in [2.05, 4.69) is 34.6 Å². The van der Waals surface area contributed by atoms with Crippen LogP contribution >= 0.6 is 0 Å². The fraction of sp³-hybridized carbons (Fsp3) is 0.839. The van der Waals surface area contributed by atoms with Gasteiger partial charge in [0.25, 0.3) is 0 Å². The lowest BCUT2D eigenvalue weighted by Gasteiger charge is -2.22. The van der Waals surface area contributed by atoms with Gasteiger partial charge in [0.05, 0.1) is 30.6 Å². The lowest BCUT2D eigenvalue weighted by molar-refractivity contribution is -0.143. The number of azo groups is 1. The zero-order chi connectivity index (χ0) is 28.6. The number of hydrogen-bond acceptors (Lipinski definition) is 8. The number of rotatable bonds is 26. The van der Waals surface area contributed by atoms with Gasteiger partial charge in [-0.05, 0) is 51.1 Å². The highest BCUT2D eigenvalue weighted by atomic mass is 16.5. The molecule has 1 heterocycles. The summed E-state index contributed by atoms with van der Waals surface area (Å²) in [6, 6.07) is -0.0301. The van der Waals surface area contributed by atoms with Crippen molar-refractivity contribution >= 4 is 5.97 Å². The molecule has 4 N–H and O–H groups in total. The SMILES string of the molecule is CCCCCCCC/C=C\CCCCCCCC(=O)OCCC1=CC(CCNCC(O)C(O)[C@H](C)CO)N=N1. The molecule has 0 amide bonds. The highest BCUT2D eigenvalue weighted by molar-refractivity contribution is 5.69. The van der Waals surface area contributed by atoms with E-state index < -0.39 is 12.2 Å². The van der Waals surface area contributed by atoms with Crippen LogP contribution in [-0.2, 0) is 9.53 Å². The average molecular weight is 552 g/mol. The number of esters is 1. The summed E-state index contributed by atoms with van der Waals surface area (Å²) in [5.41, 5.74) is 0.834. The molecule has 0 spiro atoms. The lowest BCUT2D eigenvalue weighted by Crippen LogP contribution is -2.41. The Hall–Kier alpha value is -1.61.